The fourth-order valence-electron chi connectivity index (χ4n) is 2.30. The highest BCUT2D eigenvalue weighted by atomic mass is 35.5. The standard InChI is InChI=1S/C14H18ClNO3S/c1-9-10(2)20(18)7-6-16(9)14(17)11-4-5-12(15)13(8-11)19-3/h4-5,8-10H,6-7H2,1-3H3/t9-,10-,20+/m0/s1. The van der Waals surface area contributed by atoms with Gasteiger partial charge in [-0.15, -0.1) is 0 Å². The van der Waals surface area contributed by atoms with Gasteiger partial charge in [0.2, 0.25) is 0 Å². The number of benzene rings is 1. The van der Waals surface area contributed by atoms with Gasteiger partial charge in [-0.25, -0.2) is 0 Å². The maximum atomic E-state index is 12.6. The molecule has 0 aliphatic carbocycles. The number of hydrogen-bond donors (Lipinski definition) is 0. The first kappa shape index (κ1) is 15.3. The summed E-state index contributed by atoms with van der Waals surface area (Å²) in [5.74, 6) is 0.942. The zero-order chi connectivity index (χ0) is 14.9. The normalized spacial score (nSPS) is 26.4. The van der Waals surface area contributed by atoms with Gasteiger partial charge in [-0.2, -0.15) is 0 Å². The SMILES string of the molecule is COc1cc(C(=O)N2CC[S@@](=O)[C@@H](C)[C@@H]2C)ccc1Cl. The number of rotatable bonds is 2. The first-order valence-corrected chi connectivity index (χ1v) is 8.23. The first-order valence-electron chi connectivity index (χ1n) is 6.47. The Morgan fingerprint density at radius 1 is 1.45 bits per heavy atom. The number of nitrogens with zero attached hydrogens (tertiary/aromatic N) is 1. The van der Waals surface area contributed by atoms with Gasteiger partial charge in [-0.1, -0.05) is 11.6 Å². The van der Waals surface area contributed by atoms with Crippen LogP contribution < -0.4 is 4.74 Å². The van der Waals surface area contributed by atoms with E-state index in [1.807, 2.05) is 13.8 Å². The molecule has 20 heavy (non-hydrogen) atoms. The molecule has 0 bridgehead atoms. The van der Waals surface area contributed by atoms with E-state index in [0.29, 0.717) is 28.6 Å². The number of amides is 1. The molecule has 1 heterocycles. The minimum atomic E-state index is -0.858. The summed E-state index contributed by atoms with van der Waals surface area (Å²) in [6.45, 7) is 4.37. The maximum Gasteiger partial charge on any atom is 0.254 e. The van der Waals surface area contributed by atoms with E-state index in [1.165, 1.54) is 7.11 Å². The van der Waals surface area contributed by atoms with Crippen LogP contribution in [0.15, 0.2) is 18.2 Å². The average molecular weight is 316 g/mol. The summed E-state index contributed by atoms with van der Waals surface area (Å²) in [5, 5.41) is 0.465. The molecule has 110 valence electrons. The molecule has 3 atom stereocenters. The molecule has 0 radical (unpaired) electrons. The van der Waals surface area contributed by atoms with Crippen LogP contribution in [0.2, 0.25) is 5.02 Å². The van der Waals surface area contributed by atoms with E-state index < -0.39 is 10.8 Å². The predicted molar refractivity (Wildman–Crippen MR) is 81.0 cm³/mol. The highest BCUT2D eigenvalue weighted by Gasteiger charge is 2.33. The van der Waals surface area contributed by atoms with E-state index >= 15 is 0 Å². The van der Waals surface area contributed by atoms with Crippen LogP contribution in [0.3, 0.4) is 0 Å². The van der Waals surface area contributed by atoms with E-state index in [0.717, 1.165) is 0 Å². The van der Waals surface area contributed by atoms with Crippen LogP contribution in [0.5, 0.6) is 5.75 Å². The first-order chi connectivity index (χ1) is 9.45. The van der Waals surface area contributed by atoms with Crippen LogP contribution in [0.4, 0.5) is 0 Å². The Kier molecular flexibility index (Phi) is 4.70. The Morgan fingerprint density at radius 2 is 2.15 bits per heavy atom. The molecule has 0 spiro atoms. The molecule has 1 aromatic rings. The highest BCUT2D eigenvalue weighted by molar-refractivity contribution is 7.85. The molecule has 2 rings (SSSR count). The van der Waals surface area contributed by atoms with E-state index in [-0.39, 0.29) is 17.2 Å². The van der Waals surface area contributed by atoms with Crippen molar-refractivity contribution in [2.24, 2.45) is 0 Å². The lowest BCUT2D eigenvalue weighted by molar-refractivity contribution is 0.0695. The van der Waals surface area contributed by atoms with Crippen molar-refractivity contribution in [3.63, 3.8) is 0 Å². The van der Waals surface area contributed by atoms with Crippen molar-refractivity contribution in [2.75, 3.05) is 19.4 Å². The van der Waals surface area contributed by atoms with Crippen molar-refractivity contribution in [1.82, 2.24) is 4.90 Å². The number of hydrogen-bond acceptors (Lipinski definition) is 3. The molecule has 0 saturated carbocycles. The zero-order valence-corrected chi connectivity index (χ0v) is 13.3. The molecule has 6 heteroatoms. The van der Waals surface area contributed by atoms with Gasteiger partial charge in [0.15, 0.2) is 0 Å². The second kappa shape index (κ2) is 6.14. The lowest BCUT2D eigenvalue weighted by Crippen LogP contribution is -2.52. The van der Waals surface area contributed by atoms with Gasteiger partial charge in [-0.05, 0) is 32.0 Å². The molecule has 0 aromatic heterocycles. The zero-order valence-electron chi connectivity index (χ0n) is 11.8. The largest absolute Gasteiger partial charge is 0.495 e. The summed E-state index contributed by atoms with van der Waals surface area (Å²) in [6, 6.07) is 4.95. The third kappa shape index (κ3) is 2.83. The Labute approximate surface area is 126 Å². The van der Waals surface area contributed by atoms with Crippen molar-refractivity contribution in [3.05, 3.63) is 28.8 Å². The summed E-state index contributed by atoms with van der Waals surface area (Å²) >= 11 is 5.97. The monoisotopic (exact) mass is 315 g/mol. The Morgan fingerprint density at radius 3 is 2.80 bits per heavy atom. The molecule has 1 aliphatic rings. The third-order valence-electron chi connectivity index (χ3n) is 3.78. The molecule has 1 aromatic carbocycles. The minimum absolute atomic E-state index is 0.0121. The molecule has 1 saturated heterocycles. The third-order valence-corrected chi connectivity index (χ3v) is 5.90. The number of carbonyl (C=O) groups is 1. The Hall–Kier alpha value is -1.07. The molecular formula is C14H18ClNO3S. The van der Waals surface area contributed by atoms with Gasteiger partial charge >= 0.3 is 0 Å². The lowest BCUT2D eigenvalue weighted by Gasteiger charge is -2.37. The van der Waals surface area contributed by atoms with Crippen molar-refractivity contribution in [3.8, 4) is 5.75 Å². The van der Waals surface area contributed by atoms with Crippen molar-refractivity contribution < 1.29 is 13.7 Å². The van der Waals surface area contributed by atoms with E-state index in [1.54, 1.807) is 23.1 Å². The molecule has 1 fully saturated rings. The van der Waals surface area contributed by atoms with Crippen LogP contribution in [0.25, 0.3) is 0 Å². The van der Waals surface area contributed by atoms with E-state index in [9.17, 15) is 9.00 Å². The average Bonchev–Trinajstić information content (AvgIpc) is 2.45. The summed E-state index contributed by atoms with van der Waals surface area (Å²) in [6.07, 6.45) is 0. The Bertz CT molecular complexity index is 549. The van der Waals surface area contributed by atoms with Crippen molar-refractivity contribution >= 4 is 28.3 Å². The van der Waals surface area contributed by atoms with Crippen LogP contribution >= 0.6 is 11.6 Å². The van der Waals surface area contributed by atoms with Crippen molar-refractivity contribution in [1.29, 1.82) is 0 Å². The summed E-state index contributed by atoms with van der Waals surface area (Å²) in [4.78, 5) is 14.3. The summed E-state index contributed by atoms with van der Waals surface area (Å²) in [5.41, 5.74) is 0.540. The molecule has 0 N–H and O–H groups in total. The maximum absolute atomic E-state index is 12.6. The van der Waals surface area contributed by atoms with Crippen LogP contribution in [0, 0.1) is 0 Å². The van der Waals surface area contributed by atoms with Crippen LogP contribution in [-0.2, 0) is 10.8 Å². The number of carbonyl (C=O) groups excluding carboxylic acids is 1. The second-order valence-corrected chi connectivity index (χ2v) is 7.20. The predicted octanol–water partition coefficient (Wildman–Crippen LogP) is 2.33. The van der Waals surface area contributed by atoms with Gasteiger partial charge in [0, 0.05) is 34.7 Å². The lowest BCUT2D eigenvalue weighted by atomic mass is 10.1. The van der Waals surface area contributed by atoms with E-state index in [4.69, 9.17) is 16.3 Å². The van der Waals surface area contributed by atoms with E-state index in [2.05, 4.69) is 0 Å². The minimum Gasteiger partial charge on any atom is -0.495 e. The van der Waals surface area contributed by atoms with Gasteiger partial charge in [-0.3, -0.25) is 9.00 Å². The molecule has 1 amide bonds. The molecule has 0 unspecified atom stereocenters. The number of halogens is 1. The topological polar surface area (TPSA) is 46.6 Å². The van der Waals surface area contributed by atoms with Gasteiger partial charge in [0.05, 0.1) is 17.4 Å². The number of methoxy groups -OCH3 is 1. The van der Waals surface area contributed by atoms with Crippen LogP contribution in [-0.4, -0.2) is 45.7 Å². The molecule has 4 nitrogen and oxygen atoms in total. The number of ether oxygens (including phenoxy) is 1. The van der Waals surface area contributed by atoms with Crippen molar-refractivity contribution in [2.45, 2.75) is 25.1 Å². The quantitative estimate of drug-likeness (QED) is 0.841. The smallest absolute Gasteiger partial charge is 0.254 e. The van der Waals surface area contributed by atoms with Gasteiger partial charge in [0.1, 0.15) is 5.75 Å². The fraction of sp³-hybridized carbons (Fsp3) is 0.500. The van der Waals surface area contributed by atoms with Gasteiger partial charge < -0.3 is 9.64 Å². The fourth-order valence-corrected chi connectivity index (χ4v) is 3.83. The molecule has 1 aliphatic heterocycles. The highest BCUT2D eigenvalue weighted by Crippen LogP contribution is 2.27. The van der Waals surface area contributed by atoms with Gasteiger partial charge in [0.25, 0.3) is 5.91 Å². The molecular weight excluding hydrogens is 298 g/mol. The summed E-state index contributed by atoms with van der Waals surface area (Å²) < 4.78 is 16.9. The summed E-state index contributed by atoms with van der Waals surface area (Å²) in [7, 11) is 0.660. The Balaban J connectivity index is 2.25. The second-order valence-electron chi connectivity index (χ2n) is 4.88. The van der Waals surface area contributed by atoms with Crippen LogP contribution in [0.1, 0.15) is 24.2 Å².